The average Bonchev–Trinajstić information content (AvgIpc) is 3.61. The van der Waals surface area contributed by atoms with Crippen molar-refractivity contribution in [3.8, 4) is 73.7 Å². The number of para-hydroxylation sites is 1. The minimum Gasteiger partial charge on any atom is -0.449 e. The number of hydrogen-bond acceptors (Lipinski definition) is 4. The summed E-state index contributed by atoms with van der Waals surface area (Å²) >= 11 is 0. The Morgan fingerprint density at radius 2 is 1.02 bits per heavy atom. The van der Waals surface area contributed by atoms with Crippen LogP contribution in [0.1, 0.15) is 0 Å². The molecule has 0 N–H and O–H groups in total. The first-order valence-corrected chi connectivity index (χ1v) is 18.4. The number of rotatable bonds is 5. The lowest BCUT2D eigenvalue weighted by atomic mass is 10.0. The summed E-state index contributed by atoms with van der Waals surface area (Å²) in [6.45, 7) is 0. The van der Waals surface area contributed by atoms with Crippen molar-refractivity contribution < 1.29 is 9.47 Å². The second kappa shape index (κ2) is 12.6. The Hall–Kier alpha value is -7.50. The molecule has 0 spiro atoms. The van der Waals surface area contributed by atoms with E-state index in [1.165, 1.54) is 0 Å². The van der Waals surface area contributed by atoms with Gasteiger partial charge in [0, 0.05) is 38.5 Å². The van der Waals surface area contributed by atoms with Crippen molar-refractivity contribution in [2.75, 3.05) is 0 Å². The fourth-order valence-corrected chi connectivity index (χ4v) is 7.81. The summed E-state index contributed by atoms with van der Waals surface area (Å²) < 4.78 is 15.7. The zero-order valence-electron chi connectivity index (χ0n) is 29.6. The molecule has 0 amide bonds. The molecular weight excluding hydrogens is 675 g/mol. The Morgan fingerprint density at radius 1 is 0.382 bits per heavy atom. The van der Waals surface area contributed by atoms with Gasteiger partial charge < -0.3 is 14.0 Å². The van der Waals surface area contributed by atoms with Crippen LogP contribution in [0.15, 0.2) is 188 Å². The summed E-state index contributed by atoms with van der Waals surface area (Å²) in [5, 5.41) is 4.38. The summed E-state index contributed by atoms with van der Waals surface area (Å²) in [6, 6.07) is 64.9. The summed E-state index contributed by atoms with van der Waals surface area (Å²) in [4.78, 5) is 10.0. The molecule has 8 aromatic carbocycles. The van der Waals surface area contributed by atoms with Crippen molar-refractivity contribution in [2.24, 2.45) is 0 Å². The summed E-state index contributed by atoms with van der Waals surface area (Å²) in [6.07, 6.45) is 0. The molecule has 0 aliphatic carbocycles. The standard InChI is InChI=1S/C50H31N3O2/c1-3-13-34(14-4-1)42-31-43(52-50(51-42)35-15-5-2-6-16-35)37-18-11-17-36(30-37)32-22-25-38(26-23-32)53-44-21-10-9-20-40(44)41-27-29-46-49(47(41)53)55-48-39-19-8-7-12-33(39)24-28-45(48)54-46/h1-31H. The van der Waals surface area contributed by atoms with Gasteiger partial charge in [-0.2, -0.15) is 0 Å². The van der Waals surface area contributed by atoms with Crippen LogP contribution < -0.4 is 9.47 Å². The third kappa shape index (κ3) is 5.24. The molecule has 1 aliphatic heterocycles. The Kier molecular flexibility index (Phi) is 7.10. The molecule has 1 aliphatic rings. The van der Waals surface area contributed by atoms with Gasteiger partial charge in [-0.25, -0.2) is 9.97 Å². The SMILES string of the molecule is c1ccc(-c2cc(-c3cccc(-c4ccc(-n5c6ccccc6c6ccc7c(c65)Oc5c(ccc6ccccc56)O7)cc4)c3)nc(-c3ccccc3)n2)cc1. The van der Waals surface area contributed by atoms with E-state index in [1.807, 2.05) is 60.7 Å². The van der Waals surface area contributed by atoms with Gasteiger partial charge in [0.05, 0.1) is 16.9 Å². The summed E-state index contributed by atoms with van der Waals surface area (Å²) in [5.74, 6) is 3.56. The molecule has 5 heteroatoms. The molecule has 3 heterocycles. The van der Waals surface area contributed by atoms with Gasteiger partial charge in [0.25, 0.3) is 0 Å². The minimum atomic E-state index is 0.698. The van der Waals surface area contributed by atoms with Gasteiger partial charge in [0.15, 0.2) is 28.8 Å². The third-order valence-electron chi connectivity index (χ3n) is 10.5. The maximum absolute atomic E-state index is 6.86. The van der Waals surface area contributed by atoms with E-state index in [0.717, 1.165) is 83.2 Å². The van der Waals surface area contributed by atoms with Crippen LogP contribution in [0.4, 0.5) is 0 Å². The molecule has 2 aromatic heterocycles. The third-order valence-corrected chi connectivity index (χ3v) is 10.5. The van der Waals surface area contributed by atoms with Crippen LogP contribution in [-0.2, 0) is 0 Å². The quantitative estimate of drug-likeness (QED) is 0.179. The Morgan fingerprint density at radius 3 is 1.84 bits per heavy atom. The van der Waals surface area contributed by atoms with Crippen molar-refractivity contribution in [3.63, 3.8) is 0 Å². The monoisotopic (exact) mass is 705 g/mol. The molecule has 5 nitrogen and oxygen atoms in total. The Bertz CT molecular complexity index is 3020. The van der Waals surface area contributed by atoms with E-state index in [-0.39, 0.29) is 0 Å². The maximum Gasteiger partial charge on any atom is 0.194 e. The van der Waals surface area contributed by atoms with E-state index in [9.17, 15) is 0 Å². The lowest BCUT2D eigenvalue weighted by Gasteiger charge is -2.23. The molecular formula is C50H31N3O2. The molecule has 0 unspecified atom stereocenters. The molecule has 11 rings (SSSR count). The van der Waals surface area contributed by atoms with Gasteiger partial charge in [-0.05, 0) is 65.0 Å². The smallest absolute Gasteiger partial charge is 0.194 e. The van der Waals surface area contributed by atoms with E-state index in [2.05, 4.69) is 132 Å². The maximum atomic E-state index is 6.86. The summed E-state index contributed by atoms with van der Waals surface area (Å²) in [5.41, 5.74) is 10.1. The first-order valence-electron chi connectivity index (χ1n) is 18.4. The minimum absolute atomic E-state index is 0.698. The second-order valence-electron chi connectivity index (χ2n) is 13.8. The molecule has 0 atom stereocenters. The lowest BCUT2D eigenvalue weighted by molar-refractivity contribution is 0.366. The van der Waals surface area contributed by atoms with Crippen LogP contribution in [0, 0.1) is 0 Å². The van der Waals surface area contributed by atoms with Crippen molar-refractivity contribution in [2.45, 2.75) is 0 Å². The van der Waals surface area contributed by atoms with Crippen molar-refractivity contribution >= 4 is 32.6 Å². The van der Waals surface area contributed by atoms with Crippen LogP contribution >= 0.6 is 0 Å². The fourth-order valence-electron chi connectivity index (χ4n) is 7.81. The van der Waals surface area contributed by atoms with Gasteiger partial charge in [-0.15, -0.1) is 0 Å². The largest absolute Gasteiger partial charge is 0.449 e. The topological polar surface area (TPSA) is 49.2 Å². The van der Waals surface area contributed by atoms with Gasteiger partial charge in [0.2, 0.25) is 0 Å². The van der Waals surface area contributed by atoms with Crippen LogP contribution in [0.5, 0.6) is 23.0 Å². The number of aromatic nitrogens is 3. The first kappa shape index (κ1) is 31.1. The molecule has 10 aromatic rings. The predicted molar refractivity (Wildman–Crippen MR) is 222 cm³/mol. The number of hydrogen-bond donors (Lipinski definition) is 0. The predicted octanol–water partition coefficient (Wildman–Crippen LogP) is 13.3. The second-order valence-corrected chi connectivity index (χ2v) is 13.8. The Labute approximate surface area is 317 Å². The number of benzene rings is 8. The highest BCUT2D eigenvalue weighted by Gasteiger charge is 2.27. The Balaban J connectivity index is 1.01. The van der Waals surface area contributed by atoms with E-state index in [4.69, 9.17) is 19.4 Å². The highest BCUT2D eigenvalue weighted by Crippen LogP contribution is 2.53. The number of ether oxygens (including phenoxy) is 2. The molecule has 0 bridgehead atoms. The average molecular weight is 706 g/mol. The van der Waals surface area contributed by atoms with Crippen LogP contribution in [0.25, 0.3) is 83.3 Å². The molecule has 55 heavy (non-hydrogen) atoms. The van der Waals surface area contributed by atoms with Gasteiger partial charge in [-0.1, -0.05) is 140 Å². The van der Waals surface area contributed by atoms with E-state index < -0.39 is 0 Å². The normalized spacial score (nSPS) is 11.9. The zero-order chi connectivity index (χ0) is 36.3. The highest BCUT2D eigenvalue weighted by molar-refractivity contribution is 6.12. The first-order chi connectivity index (χ1) is 27.2. The van der Waals surface area contributed by atoms with Gasteiger partial charge in [-0.3, -0.25) is 0 Å². The van der Waals surface area contributed by atoms with Crippen molar-refractivity contribution in [1.82, 2.24) is 14.5 Å². The molecule has 0 saturated heterocycles. The van der Waals surface area contributed by atoms with E-state index in [0.29, 0.717) is 23.1 Å². The number of fused-ring (bicyclic) bond motifs is 8. The van der Waals surface area contributed by atoms with Gasteiger partial charge >= 0.3 is 0 Å². The number of nitrogens with zero attached hydrogens (tertiary/aromatic N) is 3. The molecule has 0 saturated carbocycles. The van der Waals surface area contributed by atoms with Gasteiger partial charge in [0.1, 0.15) is 5.52 Å². The highest BCUT2D eigenvalue weighted by atomic mass is 16.6. The lowest BCUT2D eigenvalue weighted by Crippen LogP contribution is -2.02. The van der Waals surface area contributed by atoms with E-state index >= 15 is 0 Å². The zero-order valence-corrected chi connectivity index (χ0v) is 29.6. The fraction of sp³-hybridized carbons (Fsp3) is 0. The summed E-state index contributed by atoms with van der Waals surface area (Å²) in [7, 11) is 0. The van der Waals surface area contributed by atoms with Crippen molar-refractivity contribution in [1.29, 1.82) is 0 Å². The molecule has 258 valence electrons. The van der Waals surface area contributed by atoms with Crippen LogP contribution in [0.3, 0.4) is 0 Å². The van der Waals surface area contributed by atoms with E-state index in [1.54, 1.807) is 0 Å². The van der Waals surface area contributed by atoms with Crippen LogP contribution in [-0.4, -0.2) is 14.5 Å². The van der Waals surface area contributed by atoms with Crippen LogP contribution in [0.2, 0.25) is 0 Å². The van der Waals surface area contributed by atoms with Crippen molar-refractivity contribution in [3.05, 3.63) is 188 Å². The molecule has 0 fully saturated rings. The molecule has 0 radical (unpaired) electrons.